The Morgan fingerprint density at radius 2 is 1.80 bits per heavy atom. The molecule has 1 heterocycles. The highest BCUT2D eigenvalue weighted by molar-refractivity contribution is 7.89. The molecule has 1 unspecified atom stereocenters. The first-order chi connectivity index (χ1) is 16.8. The Morgan fingerprint density at radius 3 is 2.40 bits per heavy atom. The quantitative estimate of drug-likeness (QED) is 0.421. The van der Waals surface area contributed by atoms with Crippen molar-refractivity contribution in [3.63, 3.8) is 0 Å². The molecular formula is C27H36N4O3S. The number of aryl methyl sites for hydroxylation is 3. The van der Waals surface area contributed by atoms with Gasteiger partial charge < -0.3 is 9.88 Å². The number of fused-ring (bicyclic) bond motifs is 1. The minimum Gasteiger partial charge on any atom is -0.349 e. The maximum Gasteiger partial charge on any atom is 0.243 e. The molecule has 0 aliphatic heterocycles. The summed E-state index contributed by atoms with van der Waals surface area (Å²) in [5.74, 6) is 1.32. The highest BCUT2D eigenvalue weighted by atomic mass is 32.2. The topological polar surface area (TPSA) is 84.3 Å². The molecule has 1 aliphatic carbocycles. The molecule has 0 bridgehead atoms. The summed E-state index contributed by atoms with van der Waals surface area (Å²) in [6.45, 7) is 9.31. The van der Waals surface area contributed by atoms with Crippen LogP contribution in [0.5, 0.6) is 0 Å². The van der Waals surface area contributed by atoms with Crippen molar-refractivity contribution in [2.24, 2.45) is 5.92 Å². The summed E-state index contributed by atoms with van der Waals surface area (Å²) in [5.41, 5.74) is 3.90. The van der Waals surface area contributed by atoms with Crippen molar-refractivity contribution in [3.8, 4) is 0 Å². The number of nitrogens with one attached hydrogen (secondary N) is 1. The van der Waals surface area contributed by atoms with Gasteiger partial charge in [0, 0.05) is 32.5 Å². The zero-order chi connectivity index (χ0) is 25.2. The zero-order valence-electron chi connectivity index (χ0n) is 21.1. The Balaban J connectivity index is 1.50. The van der Waals surface area contributed by atoms with E-state index in [-0.39, 0.29) is 16.8 Å². The van der Waals surface area contributed by atoms with Gasteiger partial charge in [0.15, 0.2) is 0 Å². The predicted molar refractivity (Wildman–Crippen MR) is 139 cm³/mol. The van der Waals surface area contributed by atoms with Gasteiger partial charge >= 0.3 is 0 Å². The van der Waals surface area contributed by atoms with Crippen LogP contribution in [0.1, 0.15) is 63.0 Å². The molecule has 0 radical (unpaired) electrons. The molecule has 1 aliphatic rings. The zero-order valence-corrected chi connectivity index (χ0v) is 21.9. The van der Waals surface area contributed by atoms with Gasteiger partial charge in [0.05, 0.1) is 22.0 Å². The van der Waals surface area contributed by atoms with Crippen LogP contribution in [0, 0.1) is 12.8 Å². The van der Waals surface area contributed by atoms with Crippen molar-refractivity contribution < 1.29 is 13.2 Å². The van der Waals surface area contributed by atoms with Gasteiger partial charge in [-0.3, -0.25) is 4.79 Å². The Hall–Kier alpha value is -2.71. The minimum absolute atomic E-state index is 0.0157. The molecule has 1 atom stereocenters. The maximum absolute atomic E-state index is 13.0. The summed E-state index contributed by atoms with van der Waals surface area (Å²) in [4.78, 5) is 17.9. The van der Waals surface area contributed by atoms with Crippen LogP contribution in [0.3, 0.4) is 0 Å². The van der Waals surface area contributed by atoms with Crippen molar-refractivity contribution >= 4 is 27.0 Å². The van der Waals surface area contributed by atoms with Gasteiger partial charge in [-0.1, -0.05) is 43.7 Å². The number of imidazole rings is 1. The van der Waals surface area contributed by atoms with Crippen LogP contribution < -0.4 is 5.32 Å². The fraction of sp³-hybridized carbons (Fsp3) is 0.481. The van der Waals surface area contributed by atoms with Gasteiger partial charge in [-0.25, -0.2) is 13.4 Å². The molecule has 4 rings (SSSR count). The lowest BCUT2D eigenvalue weighted by molar-refractivity contribution is -0.122. The van der Waals surface area contributed by atoms with Gasteiger partial charge in [0.25, 0.3) is 0 Å². The number of carbonyl (C=O) groups is 1. The molecule has 1 amide bonds. The van der Waals surface area contributed by atoms with E-state index in [2.05, 4.69) is 41.1 Å². The highest BCUT2D eigenvalue weighted by Gasteiger charge is 2.33. The summed E-state index contributed by atoms with van der Waals surface area (Å²) in [7, 11) is -3.55. The fourth-order valence-corrected chi connectivity index (χ4v) is 6.20. The van der Waals surface area contributed by atoms with Gasteiger partial charge in [0.1, 0.15) is 5.82 Å². The number of sulfonamides is 1. The first-order valence-electron chi connectivity index (χ1n) is 12.6. The molecule has 8 heteroatoms. The molecule has 3 aromatic rings. The second-order valence-electron chi connectivity index (χ2n) is 9.31. The predicted octanol–water partition coefficient (Wildman–Crippen LogP) is 4.60. The monoisotopic (exact) mass is 496 g/mol. The van der Waals surface area contributed by atoms with Crippen LogP contribution in [-0.2, 0) is 27.8 Å². The van der Waals surface area contributed by atoms with E-state index < -0.39 is 10.0 Å². The van der Waals surface area contributed by atoms with E-state index in [4.69, 9.17) is 4.98 Å². The van der Waals surface area contributed by atoms with Gasteiger partial charge in [0.2, 0.25) is 15.9 Å². The van der Waals surface area contributed by atoms with E-state index in [1.165, 1.54) is 9.87 Å². The number of benzene rings is 2. The molecule has 1 fully saturated rings. The molecule has 188 valence electrons. The minimum atomic E-state index is -3.55. The maximum atomic E-state index is 13.0. The Kier molecular flexibility index (Phi) is 7.62. The van der Waals surface area contributed by atoms with E-state index in [0.29, 0.717) is 43.9 Å². The van der Waals surface area contributed by atoms with Crippen LogP contribution in [0.4, 0.5) is 0 Å². The second kappa shape index (κ2) is 10.5. The largest absolute Gasteiger partial charge is 0.349 e. The molecule has 7 nitrogen and oxygen atoms in total. The lowest BCUT2D eigenvalue weighted by atomic mass is 10.0. The highest BCUT2D eigenvalue weighted by Crippen LogP contribution is 2.41. The number of hydrogen-bond donors (Lipinski definition) is 1. The molecule has 0 spiro atoms. The first kappa shape index (κ1) is 25.4. The third-order valence-electron chi connectivity index (χ3n) is 6.88. The molecule has 1 saturated carbocycles. The number of aromatic nitrogens is 2. The van der Waals surface area contributed by atoms with E-state index in [9.17, 15) is 13.2 Å². The number of carbonyl (C=O) groups excluding carboxylic acids is 1. The number of rotatable bonds is 11. The molecule has 1 aromatic heterocycles. The summed E-state index contributed by atoms with van der Waals surface area (Å²) >= 11 is 0. The van der Waals surface area contributed by atoms with Crippen LogP contribution in [0.2, 0.25) is 0 Å². The van der Waals surface area contributed by atoms with Crippen molar-refractivity contribution in [2.45, 2.75) is 70.9 Å². The van der Waals surface area contributed by atoms with Crippen molar-refractivity contribution in [1.29, 1.82) is 0 Å². The number of nitrogens with zero attached hydrogens (tertiary/aromatic N) is 3. The SMILES string of the molecule is CCN(CC)S(=O)(=O)c1ccc2c(c1)nc(CCC(=O)NC(c1ccc(C)cc1)C1CC1)n2CC. The van der Waals surface area contributed by atoms with Crippen LogP contribution in [0.25, 0.3) is 11.0 Å². The molecule has 2 aromatic carbocycles. The Labute approximate surface area is 208 Å². The molecule has 0 saturated heterocycles. The van der Waals surface area contributed by atoms with E-state index in [0.717, 1.165) is 29.7 Å². The third kappa shape index (κ3) is 5.43. The summed E-state index contributed by atoms with van der Waals surface area (Å²) in [6, 6.07) is 13.6. The van der Waals surface area contributed by atoms with Crippen LogP contribution >= 0.6 is 0 Å². The van der Waals surface area contributed by atoms with Crippen LogP contribution in [0.15, 0.2) is 47.4 Å². The Morgan fingerprint density at radius 1 is 1.11 bits per heavy atom. The lowest BCUT2D eigenvalue weighted by Crippen LogP contribution is -2.30. The van der Waals surface area contributed by atoms with E-state index in [1.54, 1.807) is 12.1 Å². The van der Waals surface area contributed by atoms with E-state index >= 15 is 0 Å². The molecule has 1 N–H and O–H groups in total. The summed E-state index contributed by atoms with van der Waals surface area (Å²) < 4.78 is 29.4. The molecule has 35 heavy (non-hydrogen) atoms. The lowest BCUT2D eigenvalue weighted by Gasteiger charge is -2.19. The smallest absolute Gasteiger partial charge is 0.243 e. The van der Waals surface area contributed by atoms with E-state index in [1.807, 2.05) is 26.8 Å². The van der Waals surface area contributed by atoms with Gasteiger partial charge in [-0.15, -0.1) is 0 Å². The van der Waals surface area contributed by atoms with Crippen LogP contribution in [-0.4, -0.2) is 41.3 Å². The fourth-order valence-electron chi connectivity index (χ4n) is 4.72. The average molecular weight is 497 g/mol. The molecular weight excluding hydrogens is 460 g/mol. The number of amides is 1. The standard InChI is InChI=1S/C27H36N4O3S/c1-5-30(6-2)35(33,34)22-14-15-24-23(18-22)28-25(31(24)7-3)16-17-26(32)29-27(21-12-13-21)20-10-8-19(4)9-11-20/h8-11,14-15,18,21,27H,5-7,12-13,16-17H2,1-4H3,(H,29,32). The third-order valence-corrected chi connectivity index (χ3v) is 8.93. The normalized spacial score (nSPS) is 15.0. The first-order valence-corrected chi connectivity index (χ1v) is 14.1. The van der Waals surface area contributed by atoms with Gasteiger partial charge in [-0.05, 0) is 56.4 Å². The van der Waals surface area contributed by atoms with Gasteiger partial charge in [-0.2, -0.15) is 4.31 Å². The van der Waals surface area contributed by atoms with Crippen molar-refractivity contribution in [1.82, 2.24) is 19.2 Å². The van der Waals surface area contributed by atoms with Crippen molar-refractivity contribution in [2.75, 3.05) is 13.1 Å². The van der Waals surface area contributed by atoms with Crippen molar-refractivity contribution in [3.05, 3.63) is 59.4 Å². The number of hydrogen-bond acceptors (Lipinski definition) is 4. The second-order valence-corrected chi connectivity index (χ2v) is 11.2. The summed E-state index contributed by atoms with van der Waals surface area (Å²) in [6.07, 6.45) is 3.12. The average Bonchev–Trinajstić information content (AvgIpc) is 3.62. The summed E-state index contributed by atoms with van der Waals surface area (Å²) in [5, 5.41) is 3.25. The Bertz CT molecular complexity index is 1290.